The van der Waals surface area contributed by atoms with E-state index in [1.807, 2.05) is 0 Å². The van der Waals surface area contributed by atoms with E-state index in [2.05, 4.69) is 52.8 Å². The first-order valence-corrected chi connectivity index (χ1v) is 10.6. The highest BCUT2D eigenvalue weighted by atomic mass is 127. The Labute approximate surface area is 186 Å². The third-order valence-electron chi connectivity index (χ3n) is 5.38. The van der Waals surface area contributed by atoms with E-state index in [1.165, 1.54) is 24.8 Å². The van der Waals surface area contributed by atoms with Crippen LogP contribution in [0.3, 0.4) is 0 Å². The zero-order valence-electron chi connectivity index (χ0n) is 17.0. The summed E-state index contributed by atoms with van der Waals surface area (Å²) in [7, 11) is 0. The molecule has 1 aromatic carbocycles. The Morgan fingerprint density at radius 2 is 1.86 bits per heavy atom. The van der Waals surface area contributed by atoms with Gasteiger partial charge in [-0.1, -0.05) is 30.3 Å². The van der Waals surface area contributed by atoms with Gasteiger partial charge in [-0.05, 0) is 56.9 Å². The van der Waals surface area contributed by atoms with Crippen LogP contribution in [-0.2, 0) is 11.2 Å². The van der Waals surface area contributed by atoms with Crippen LogP contribution in [0.5, 0.6) is 0 Å². The molecular weight excluding hydrogens is 463 g/mol. The molecule has 1 saturated carbocycles. The molecule has 0 aromatic heterocycles. The maximum Gasteiger partial charge on any atom is 0.220 e. The van der Waals surface area contributed by atoms with Crippen LogP contribution in [0.15, 0.2) is 35.3 Å². The van der Waals surface area contributed by atoms with Crippen LogP contribution in [0.25, 0.3) is 0 Å². The molecule has 1 aromatic rings. The largest absolute Gasteiger partial charge is 0.357 e. The maximum absolute atomic E-state index is 11.8. The van der Waals surface area contributed by atoms with E-state index >= 15 is 0 Å². The minimum absolute atomic E-state index is 0. The first kappa shape index (κ1) is 23.0. The molecule has 28 heavy (non-hydrogen) atoms. The van der Waals surface area contributed by atoms with Gasteiger partial charge in [0.25, 0.3) is 0 Å². The normalized spacial score (nSPS) is 17.8. The van der Waals surface area contributed by atoms with Crippen molar-refractivity contribution in [3.05, 3.63) is 35.9 Å². The second kappa shape index (κ2) is 12.3. The molecule has 0 atom stereocenters. The van der Waals surface area contributed by atoms with Gasteiger partial charge in [0.1, 0.15) is 0 Å². The van der Waals surface area contributed by atoms with Crippen molar-refractivity contribution in [2.45, 2.75) is 57.9 Å². The summed E-state index contributed by atoms with van der Waals surface area (Å²) in [5, 5.41) is 6.46. The molecule has 2 aliphatic rings. The zero-order chi connectivity index (χ0) is 18.9. The number of hydrogen-bond acceptors (Lipinski definition) is 2. The highest BCUT2D eigenvalue weighted by Gasteiger charge is 2.23. The minimum Gasteiger partial charge on any atom is -0.357 e. The fourth-order valence-corrected chi connectivity index (χ4v) is 3.67. The molecule has 2 fully saturated rings. The number of nitrogens with one attached hydrogen (secondary N) is 2. The maximum atomic E-state index is 11.8. The van der Waals surface area contributed by atoms with Crippen molar-refractivity contribution in [3.63, 3.8) is 0 Å². The third kappa shape index (κ3) is 7.97. The van der Waals surface area contributed by atoms with Crippen molar-refractivity contribution in [2.75, 3.05) is 26.2 Å². The Morgan fingerprint density at radius 1 is 1.14 bits per heavy atom. The molecule has 1 amide bonds. The number of guanidine groups is 1. The number of rotatable bonds is 8. The summed E-state index contributed by atoms with van der Waals surface area (Å²) in [5.74, 6) is 1.95. The van der Waals surface area contributed by atoms with Gasteiger partial charge in [0, 0.05) is 38.6 Å². The van der Waals surface area contributed by atoms with Crippen molar-refractivity contribution in [1.82, 2.24) is 15.5 Å². The summed E-state index contributed by atoms with van der Waals surface area (Å²) in [4.78, 5) is 18.9. The van der Waals surface area contributed by atoms with Gasteiger partial charge in [-0.25, -0.2) is 0 Å². The summed E-state index contributed by atoms with van der Waals surface area (Å²) < 4.78 is 0. The van der Waals surface area contributed by atoms with E-state index in [0.717, 1.165) is 50.8 Å². The monoisotopic (exact) mass is 498 g/mol. The second-order valence-corrected chi connectivity index (χ2v) is 7.80. The Bertz CT molecular complexity index is 610. The molecule has 2 N–H and O–H groups in total. The number of aliphatic imine (C=N–C) groups is 1. The van der Waals surface area contributed by atoms with Gasteiger partial charge in [0.2, 0.25) is 5.91 Å². The average molecular weight is 498 g/mol. The summed E-state index contributed by atoms with van der Waals surface area (Å²) in [5.41, 5.74) is 1.45. The minimum atomic E-state index is 0. The van der Waals surface area contributed by atoms with E-state index < -0.39 is 0 Å². The van der Waals surface area contributed by atoms with Gasteiger partial charge in [-0.3, -0.25) is 9.79 Å². The van der Waals surface area contributed by atoms with Gasteiger partial charge >= 0.3 is 0 Å². The van der Waals surface area contributed by atoms with Gasteiger partial charge in [-0.15, -0.1) is 24.0 Å². The fourth-order valence-electron chi connectivity index (χ4n) is 3.67. The Hall–Kier alpha value is -1.31. The van der Waals surface area contributed by atoms with Gasteiger partial charge in [0.05, 0.1) is 0 Å². The van der Waals surface area contributed by atoms with E-state index in [9.17, 15) is 4.79 Å². The third-order valence-corrected chi connectivity index (χ3v) is 5.38. The highest BCUT2D eigenvalue weighted by Crippen LogP contribution is 2.22. The number of halogens is 1. The molecule has 5 nitrogen and oxygen atoms in total. The van der Waals surface area contributed by atoms with Crippen molar-refractivity contribution in [3.8, 4) is 0 Å². The SMILES string of the molecule is CCNC(=NCCCC(=O)NC1CC1)N1CCC(Cc2ccccc2)CC1.I. The Balaban J connectivity index is 0.00000280. The summed E-state index contributed by atoms with van der Waals surface area (Å²) in [6, 6.07) is 11.3. The molecule has 0 bridgehead atoms. The van der Waals surface area contributed by atoms with Crippen LogP contribution >= 0.6 is 24.0 Å². The second-order valence-electron chi connectivity index (χ2n) is 7.80. The fraction of sp³-hybridized carbons (Fsp3) is 0.636. The molecule has 6 heteroatoms. The zero-order valence-corrected chi connectivity index (χ0v) is 19.4. The summed E-state index contributed by atoms with van der Waals surface area (Å²) >= 11 is 0. The van der Waals surface area contributed by atoms with Crippen molar-refractivity contribution < 1.29 is 4.79 Å². The molecule has 3 rings (SSSR count). The Kier molecular flexibility index (Phi) is 10.1. The van der Waals surface area contributed by atoms with E-state index in [4.69, 9.17) is 4.99 Å². The molecule has 1 heterocycles. The molecular formula is C22H35IN4O. The first-order chi connectivity index (χ1) is 13.2. The number of carbonyl (C=O) groups is 1. The molecule has 1 saturated heterocycles. The first-order valence-electron chi connectivity index (χ1n) is 10.6. The number of piperidine rings is 1. The predicted octanol–water partition coefficient (Wildman–Crippen LogP) is 3.58. The number of benzene rings is 1. The lowest BCUT2D eigenvalue weighted by atomic mass is 9.90. The average Bonchev–Trinajstić information content (AvgIpc) is 3.50. The number of carbonyl (C=O) groups excluding carboxylic acids is 1. The molecule has 0 radical (unpaired) electrons. The van der Waals surface area contributed by atoms with E-state index in [1.54, 1.807) is 0 Å². The number of amides is 1. The van der Waals surface area contributed by atoms with E-state index in [0.29, 0.717) is 19.0 Å². The smallest absolute Gasteiger partial charge is 0.220 e. The molecule has 1 aliphatic heterocycles. The van der Waals surface area contributed by atoms with Gasteiger partial charge in [0.15, 0.2) is 5.96 Å². The number of hydrogen-bond donors (Lipinski definition) is 2. The lowest BCUT2D eigenvalue weighted by molar-refractivity contribution is -0.121. The van der Waals surface area contributed by atoms with Crippen LogP contribution in [0, 0.1) is 5.92 Å². The molecule has 156 valence electrons. The lowest BCUT2D eigenvalue weighted by Gasteiger charge is -2.34. The van der Waals surface area contributed by atoms with Gasteiger partial charge < -0.3 is 15.5 Å². The quantitative estimate of drug-likeness (QED) is 0.249. The number of likely N-dealkylation sites (tertiary alicyclic amines) is 1. The van der Waals surface area contributed by atoms with Crippen molar-refractivity contribution in [2.24, 2.45) is 10.9 Å². The Morgan fingerprint density at radius 3 is 2.50 bits per heavy atom. The van der Waals surface area contributed by atoms with Crippen LogP contribution in [0.4, 0.5) is 0 Å². The van der Waals surface area contributed by atoms with Crippen LogP contribution in [0.1, 0.15) is 51.0 Å². The summed E-state index contributed by atoms with van der Waals surface area (Å²) in [6.45, 7) is 5.83. The lowest BCUT2D eigenvalue weighted by Crippen LogP contribution is -2.46. The van der Waals surface area contributed by atoms with Crippen LogP contribution in [0.2, 0.25) is 0 Å². The van der Waals surface area contributed by atoms with Gasteiger partial charge in [-0.2, -0.15) is 0 Å². The molecule has 0 unspecified atom stereocenters. The van der Waals surface area contributed by atoms with E-state index in [-0.39, 0.29) is 29.9 Å². The topological polar surface area (TPSA) is 56.7 Å². The molecule has 1 aliphatic carbocycles. The molecule has 0 spiro atoms. The predicted molar refractivity (Wildman–Crippen MR) is 126 cm³/mol. The summed E-state index contributed by atoms with van der Waals surface area (Å²) in [6.07, 6.45) is 7.30. The van der Waals surface area contributed by atoms with Crippen molar-refractivity contribution in [1.29, 1.82) is 0 Å². The highest BCUT2D eigenvalue weighted by molar-refractivity contribution is 14.0. The van der Waals surface area contributed by atoms with Crippen molar-refractivity contribution >= 4 is 35.8 Å². The standard InChI is InChI=1S/C22H34N4O.HI/c1-2-23-22(24-14-6-9-21(27)25-20-10-11-20)26-15-12-19(13-16-26)17-18-7-4-3-5-8-18;/h3-5,7-8,19-20H,2,6,9-17H2,1H3,(H,23,24)(H,25,27);1H. The number of nitrogens with zero attached hydrogens (tertiary/aromatic N) is 2. The van der Waals surface area contributed by atoms with Crippen LogP contribution < -0.4 is 10.6 Å². The van der Waals surface area contributed by atoms with Crippen LogP contribution in [-0.4, -0.2) is 49.0 Å².